The molecule has 1 aromatic heterocycles. The standard InChI is InChI=1S/C14H21N3OS/c1-3-17-14-7-5-4-6-12(14)13(16-17)10-19(18)9-11(2)8-15/h4-7,11H,3,8-10,15H2,1-2H3. The number of nitrogens with two attached hydrogens (primary N) is 1. The van der Waals surface area contributed by atoms with E-state index >= 15 is 0 Å². The van der Waals surface area contributed by atoms with E-state index in [0.29, 0.717) is 24.0 Å². The smallest absolute Gasteiger partial charge is 0.0828 e. The van der Waals surface area contributed by atoms with Gasteiger partial charge in [-0.2, -0.15) is 5.10 Å². The van der Waals surface area contributed by atoms with Crippen molar-refractivity contribution in [2.24, 2.45) is 11.7 Å². The number of hydrogen-bond acceptors (Lipinski definition) is 3. The Morgan fingerprint density at radius 2 is 2.16 bits per heavy atom. The summed E-state index contributed by atoms with van der Waals surface area (Å²) in [5.41, 5.74) is 7.62. The van der Waals surface area contributed by atoms with E-state index in [1.807, 2.05) is 29.8 Å². The molecular formula is C14H21N3OS. The van der Waals surface area contributed by atoms with E-state index in [1.54, 1.807) is 0 Å². The van der Waals surface area contributed by atoms with Crippen molar-refractivity contribution < 1.29 is 4.21 Å². The van der Waals surface area contributed by atoms with Crippen molar-refractivity contribution in [1.29, 1.82) is 0 Å². The minimum Gasteiger partial charge on any atom is -0.330 e. The first-order valence-electron chi connectivity index (χ1n) is 6.65. The molecule has 0 bridgehead atoms. The fourth-order valence-electron chi connectivity index (χ4n) is 2.14. The van der Waals surface area contributed by atoms with Crippen molar-refractivity contribution in [3.63, 3.8) is 0 Å². The van der Waals surface area contributed by atoms with Crippen molar-refractivity contribution >= 4 is 21.7 Å². The second-order valence-corrected chi connectivity index (χ2v) is 6.37. The van der Waals surface area contributed by atoms with E-state index in [2.05, 4.69) is 18.1 Å². The molecule has 2 rings (SSSR count). The monoisotopic (exact) mass is 279 g/mol. The van der Waals surface area contributed by atoms with Gasteiger partial charge in [0.25, 0.3) is 0 Å². The SMILES string of the molecule is CCn1nc(CS(=O)CC(C)CN)c2ccccc21. The van der Waals surface area contributed by atoms with Crippen LogP contribution < -0.4 is 5.73 Å². The molecule has 2 aromatic rings. The predicted molar refractivity (Wildman–Crippen MR) is 80.3 cm³/mol. The van der Waals surface area contributed by atoms with Crippen LogP contribution in [0.4, 0.5) is 0 Å². The van der Waals surface area contributed by atoms with Crippen molar-refractivity contribution in [3.05, 3.63) is 30.0 Å². The summed E-state index contributed by atoms with van der Waals surface area (Å²) in [6.45, 7) is 5.50. The molecule has 4 nitrogen and oxygen atoms in total. The summed E-state index contributed by atoms with van der Waals surface area (Å²) >= 11 is 0. The van der Waals surface area contributed by atoms with Crippen molar-refractivity contribution in [2.75, 3.05) is 12.3 Å². The third-order valence-corrected chi connectivity index (χ3v) is 4.74. The Balaban J connectivity index is 2.23. The van der Waals surface area contributed by atoms with Gasteiger partial charge in [0.1, 0.15) is 0 Å². The van der Waals surface area contributed by atoms with Crippen LogP contribution in [0.25, 0.3) is 10.9 Å². The molecule has 1 heterocycles. The largest absolute Gasteiger partial charge is 0.330 e. The average Bonchev–Trinajstić information content (AvgIpc) is 2.77. The van der Waals surface area contributed by atoms with Gasteiger partial charge in [0.15, 0.2) is 0 Å². The number of rotatable bonds is 6. The predicted octanol–water partition coefficient (Wildman–Crippen LogP) is 1.90. The van der Waals surface area contributed by atoms with Crippen LogP contribution in [-0.4, -0.2) is 26.3 Å². The van der Waals surface area contributed by atoms with Crippen LogP contribution in [0.1, 0.15) is 19.5 Å². The van der Waals surface area contributed by atoms with Gasteiger partial charge < -0.3 is 5.73 Å². The van der Waals surface area contributed by atoms with Crippen LogP contribution >= 0.6 is 0 Å². The summed E-state index contributed by atoms with van der Waals surface area (Å²) in [5.74, 6) is 1.45. The van der Waals surface area contributed by atoms with Gasteiger partial charge >= 0.3 is 0 Å². The molecule has 0 amide bonds. The van der Waals surface area contributed by atoms with E-state index in [1.165, 1.54) is 0 Å². The maximum atomic E-state index is 12.1. The zero-order chi connectivity index (χ0) is 13.8. The number of nitrogens with zero attached hydrogens (tertiary/aromatic N) is 2. The molecular weight excluding hydrogens is 258 g/mol. The highest BCUT2D eigenvalue weighted by molar-refractivity contribution is 7.84. The lowest BCUT2D eigenvalue weighted by molar-refractivity contribution is 0.638. The van der Waals surface area contributed by atoms with Gasteiger partial charge in [-0.15, -0.1) is 0 Å². The van der Waals surface area contributed by atoms with E-state index in [-0.39, 0.29) is 0 Å². The summed E-state index contributed by atoms with van der Waals surface area (Å²) in [5, 5.41) is 5.68. The molecule has 2 N–H and O–H groups in total. The van der Waals surface area contributed by atoms with Crippen molar-refractivity contribution in [1.82, 2.24) is 9.78 Å². The number of fused-ring (bicyclic) bond motifs is 1. The lowest BCUT2D eigenvalue weighted by atomic mass is 10.2. The minimum atomic E-state index is -0.901. The van der Waals surface area contributed by atoms with Crippen LogP contribution in [-0.2, 0) is 23.1 Å². The Labute approximate surface area is 116 Å². The van der Waals surface area contributed by atoms with E-state index in [9.17, 15) is 4.21 Å². The molecule has 104 valence electrons. The molecule has 0 spiro atoms. The number of aryl methyl sites for hydroxylation is 1. The Morgan fingerprint density at radius 1 is 1.42 bits per heavy atom. The molecule has 2 unspecified atom stereocenters. The highest BCUT2D eigenvalue weighted by Gasteiger charge is 2.13. The summed E-state index contributed by atoms with van der Waals surface area (Å²) in [7, 11) is -0.901. The Morgan fingerprint density at radius 3 is 2.84 bits per heavy atom. The maximum Gasteiger partial charge on any atom is 0.0828 e. The second kappa shape index (κ2) is 6.30. The van der Waals surface area contributed by atoms with Gasteiger partial charge in [0.05, 0.1) is 17.0 Å². The normalized spacial score (nSPS) is 14.7. The fraction of sp³-hybridized carbons (Fsp3) is 0.500. The molecule has 19 heavy (non-hydrogen) atoms. The topological polar surface area (TPSA) is 60.9 Å². The molecule has 0 saturated carbocycles. The zero-order valence-corrected chi connectivity index (χ0v) is 12.3. The summed E-state index contributed by atoms with van der Waals surface area (Å²) in [4.78, 5) is 0. The van der Waals surface area contributed by atoms with E-state index in [4.69, 9.17) is 5.73 Å². The number of para-hydroxylation sites is 1. The van der Waals surface area contributed by atoms with Gasteiger partial charge in [0, 0.05) is 28.5 Å². The van der Waals surface area contributed by atoms with Crippen LogP contribution in [0.2, 0.25) is 0 Å². The van der Waals surface area contributed by atoms with E-state index in [0.717, 1.165) is 23.1 Å². The quantitative estimate of drug-likeness (QED) is 0.878. The molecule has 5 heteroatoms. The molecule has 1 aromatic carbocycles. The number of benzene rings is 1. The van der Waals surface area contributed by atoms with E-state index < -0.39 is 10.8 Å². The lowest BCUT2D eigenvalue weighted by Crippen LogP contribution is -2.18. The summed E-state index contributed by atoms with van der Waals surface area (Å²) < 4.78 is 14.1. The highest BCUT2D eigenvalue weighted by Crippen LogP contribution is 2.20. The second-order valence-electron chi connectivity index (χ2n) is 4.87. The molecule has 0 aliphatic rings. The zero-order valence-electron chi connectivity index (χ0n) is 11.5. The van der Waals surface area contributed by atoms with Gasteiger partial charge in [-0.1, -0.05) is 25.1 Å². The Kier molecular flexibility index (Phi) is 4.71. The minimum absolute atomic E-state index is 0.292. The Bertz CT molecular complexity index is 579. The number of aromatic nitrogens is 2. The van der Waals surface area contributed by atoms with Crippen LogP contribution in [0.5, 0.6) is 0 Å². The third kappa shape index (κ3) is 3.22. The van der Waals surface area contributed by atoms with Gasteiger partial charge in [-0.3, -0.25) is 8.89 Å². The van der Waals surface area contributed by atoms with Gasteiger partial charge in [-0.25, -0.2) is 0 Å². The Hall–Kier alpha value is -1.20. The first-order chi connectivity index (χ1) is 9.15. The average molecular weight is 279 g/mol. The molecule has 0 aliphatic carbocycles. The maximum absolute atomic E-state index is 12.1. The van der Waals surface area contributed by atoms with Gasteiger partial charge in [0.2, 0.25) is 0 Å². The highest BCUT2D eigenvalue weighted by atomic mass is 32.2. The third-order valence-electron chi connectivity index (χ3n) is 3.20. The molecule has 0 fully saturated rings. The molecule has 2 atom stereocenters. The van der Waals surface area contributed by atoms with Crippen LogP contribution in [0.15, 0.2) is 24.3 Å². The van der Waals surface area contributed by atoms with Crippen molar-refractivity contribution in [2.45, 2.75) is 26.1 Å². The van der Waals surface area contributed by atoms with Crippen molar-refractivity contribution in [3.8, 4) is 0 Å². The summed E-state index contributed by atoms with van der Waals surface area (Å²) in [6, 6.07) is 8.11. The lowest BCUT2D eigenvalue weighted by Gasteiger charge is -2.06. The summed E-state index contributed by atoms with van der Waals surface area (Å²) in [6.07, 6.45) is 0. The fourth-order valence-corrected chi connectivity index (χ4v) is 3.55. The first-order valence-corrected chi connectivity index (χ1v) is 8.14. The molecule has 0 saturated heterocycles. The molecule has 0 radical (unpaired) electrons. The first kappa shape index (κ1) is 14.2. The number of hydrogen-bond donors (Lipinski definition) is 1. The van der Waals surface area contributed by atoms with Crippen LogP contribution in [0, 0.1) is 5.92 Å². The van der Waals surface area contributed by atoms with Gasteiger partial charge in [-0.05, 0) is 25.5 Å². The molecule has 0 aliphatic heterocycles. The van der Waals surface area contributed by atoms with Crippen LogP contribution in [0.3, 0.4) is 0 Å².